The van der Waals surface area contributed by atoms with Gasteiger partial charge in [0, 0.05) is 0 Å². The Bertz CT molecular complexity index is 130. The number of alkyl halides is 1. The lowest BCUT2D eigenvalue weighted by atomic mass is 9.85. The highest BCUT2D eigenvalue weighted by Gasteiger charge is 2.26. The predicted octanol–water partition coefficient (Wildman–Crippen LogP) is 3.73. The van der Waals surface area contributed by atoms with Gasteiger partial charge in [0.25, 0.3) is 0 Å². The Labute approximate surface area is 69.5 Å². The monoisotopic (exact) mass is 158 g/mol. The Morgan fingerprint density at radius 2 is 2.00 bits per heavy atom. The molecule has 0 aromatic heterocycles. The molecule has 0 saturated heterocycles. The highest BCUT2D eigenvalue weighted by atomic mass is 19.1. The van der Waals surface area contributed by atoms with Crippen molar-refractivity contribution in [3.63, 3.8) is 0 Å². The molecule has 0 aliphatic carbocycles. The molecular weight excluding hydrogens is 139 g/mol. The molecule has 1 unspecified atom stereocenters. The second-order valence-corrected chi connectivity index (χ2v) is 3.83. The third-order valence-electron chi connectivity index (χ3n) is 2.06. The smallest absolute Gasteiger partial charge is 0.108 e. The van der Waals surface area contributed by atoms with Crippen LogP contribution in [0.3, 0.4) is 0 Å². The van der Waals surface area contributed by atoms with E-state index in [1.807, 2.05) is 13.8 Å². The van der Waals surface area contributed by atoms with E-state index in [-0.39, 0.29) is 5.92 Å². The van der Waals surface area contributed by atoms with Crippen LogP contribution in [0.15, 0.2) is 12.2 Å². The van der Waals surface area contributed by atoms with Crippen molar-refractivity contribution in [3.8, 4) is 0 Å². The van der Waals surface area contributed by atoms with Crippen molar-refractivity contribution in [2.75, 3.05) is 0 Å². The summed E-state index contributed by atoms with van der Waals surface area (Å²) in [6.45, 7) is 11.1. The van der Waals surface area contributed by atoms with E-state index < -0.39 is 5.67 Å². The van der Waals surface area contributed by atoms with Gasteiger partial charge in [-0.05, 0) is 39.5 Å². The van der Waals surface area contributed by atoms with E-state index in [0.29, 0.717) is 0 Å². The van der Waals surface area contributed by atoms with Gasteiger partial charge in [-0.3, -0.25) is 0 Å². The maximum absolute atomic E-state index is 13.4. The van der Waals surface area contributed by atoms with E-state index >= 15 is 0 Å². The van der Waals surface area contributed by atoms with E-state index in [0.717, 1.165) is 18.4 Å². The van der Waals surface area contributed by atoms with Crippen LogP contribution in [0.25, 0.3) is 0 Å². The fourth-order valence-electron chi connectivity index (χ4n) is 1.29. The lowest BCUT2D eigenvalue weighted by molar-refractivity contribution is 0.120. The SMILES string of the molecule is C=C(C)CC(CC)C(C)(C)F. The van der Waals surface area contributed by atoms with Gasteiger partial charge in [0.2, 0.25) is 0 Å². The average molecular weight is 158 g/mol. The second kappa shape index (κ2) is 3.89. The van der Waals surface area contributed by atoms with Crippen molar-refractivity contribution in [2.24, 2.45) is 5.92 Å². The molecule has 0 radical (unpaired) electrons. The minimum Gasteiger partial charge on any atom is -0.244 e. The summed E-state index contributed by atoms with van der Waals surface area (Å²) in [4.78, 5) is 0. The summed E-state index contributed by atoms with van der Waals surface area (Å²) in [7, 11) is 0. The lowest BCUT2D eigenvalue weighted by Gasteiger charge is -2.25. The van der Waals surface area contributed by atoms with Crippen molar-refractivity contribution in [2.45, 2.75) is 46.2 Å². The van der Waals surface area contributed by atoms with Crippen molar-refractivity contribution in [1.29, 1.82) is 0 Å². The molecule has 11 heavy (non-hydrogen) atoms. The van der Waals surface area contributed by atoms with E-state index in [4.69, 9.17) is 0 Å². The first-order valence-electron chi connectivity index (χ1n) is 4.21. The maximum atomic E-state index is 13.4. The first-order valence-corrected chi connectivity index (χ1v) is 4.21. The Morgan fingerprint density at radius 3 is 2.09 bits per heavy atom. The molecule has 0 saturated carbocycles. The van der Waals surface area contributed by atoms with Crippen molar-refractivity contribution < 1.29 is 4.39 Å². The van der Waals surface area contributed by atoms with Crippen LogP contribution in [0.5, 0.6) is 0 Å². The van der Waals surface area contributed by atoms with Gasteiger partial charge in [0.15, 0.2) is 0 Å². The zero-order valence-electron chi connectivity index (χ0n) is 8.08. The first kappa shape index (κ1) is 10.7. The van der Waals surface area contributed by atoms with Gasteiger partial charge < -0.3 is 0 Å². The van der Waals surface area contributed by atoms with Crippen molar-refractivity contribution in [1.82, 2.24) is 0 Å². The molecule has 0 rings (SSSR count). The van der Waals surface area contributed by atoms with Crippen molar-refractivity contribution >= 4 is 0 Å². The van der Waals surface area contributed by atoms with E-state index in [9.17, 15) is 4.39 Å². The van der Waals surface area contributed by atoms with E-state index in [1.54, 1.807) is 13.8 Å². The number of rotatable bonds is 4. The topological polar surface area (TPSA) is 0 Å². The molecule has 0 spiro atoms. The fourth-order valence-corrected chi connectivity index (χ4v) is 1.29. The number of halogens is 1. The number of hydrogen-bond donors (Lipinski definition) is 0. The molecule has 0 aliphatic rings. The Hall–Kier alpha value is -0.330. The standard InChI is InChI=1S/C10H19F/c1-6-9(7-8(2)3)10(4,5)11/h9H,2,6-7H2,1,3-5H3. The molecule has 0 amide bonds. The molecule has 0 bridgehead atoms. The minimum absolute atomic E-state index is 0.125. The van der Waals surface area contributed by atoms with E-state index in [2.05, 4.69) is 6.58 Å². The van der Waals surface area contributed by atoms with Crippen LogP contribution in [0.1, 0.15) is 40.5 Å². The third kappa shape index (κ3) is 4.18. The van der Waals surface area contributed by atoms with Gasteiger partial charge in [-0.2, -0.15) is 0 Å². The molecule has 0 N–H and O–H groups in total. The molecule has 0 fully saturated rings. The Kier molecular flexibility index (Phi) is 3.77. The fraction of sp³-hybridized carbons (Fsp3) is 0.800. The Morgan fingerprint density at radius 1 is 1.55 bits per heavy atom. The molecule has 0 heterocycles. The normalized spacial score (nSPS) is 14.6. The summed E-state index contributed by atoms with van der Waals surface area (Å²) in [6, 6.07) is 0. The molecular formula is C10H19F. The highest BCUT2D eigenvalue weighted by Crippen LogP contribution is 2.29. The molecule has 0 nitrogen and oxygen atoms in total. The molecule has 66 valence electrons. The summed E-state index contributed by atoms with van der Waals surface area (Å²) < 4.78 is 13.4. The number of hydrogen-bond acceptors (Lipinski definition) is 0. The molecule has 0 aromatic carbocycles. The van der Waals surface area contributed by atoms with E-state index in [1.165, 1.54) is 0 Å². The summed E-state index contributed by atoms with van der Waals surface area (Å²) in [5, 5.41) is 0. The van der Waals surface area contributed by atoms with Crippen LogP contribution < -0.4 is 0 Å². The van der Waals surface area contributed by atoms with Crippen molar-refractivity contribution in [3.05, 3.63) is 12.2 Å². The average Bonchev–Trinajstić information content (AvgIpc) is 1.79. The largest absolute Gasteiger partial charge is 0.244 e. The summed E-state index contributed by atoms with van der Waals surface area (Å²) >= 11 is 0. The minimum atomic E-state index is -1.06. The van der Waals surface area contributed by atoms with Crippen LogP contribution in [0, 0.1) is 5.92 Å². The molecule has 1 atom stereocenters. The van der Waals surface area contributed by atoms with Crippen LogP contribution in [-0.4, -0.2) is 5.67 Å². The summed E-state index contributed by atoms with van der Waals surface area (Å²) in [6.07, 6.45) is 1.69. The highest BCUT2D eigenvalue weighted by molar-refractivity contribution is 4.94. The molecule has 0 aliphatic heterocycles. The molecule has 0 aromatic rings. The Balaban J connectivity index is 4.07. The van der Waals surface area contributed by atoms with Crippen LogP contribution in [0.2, 0.25) is 0 Å². The zero-order chi connectivity index (χ0) is 9.07. The van der Waals surface area contributed by atoms with Gasteiger partial charge in [0.1, 0.15) is 5.67 Å². The van der Waals surface area contributed by atoms with Gasteiger partial charge in [-0.1, -0.05) is 12.5 Å². The maximum Gasteiger partial charge on any atom is 0.108 e. The molecule has 1 heteroatoms. The van der Waals surface area contributed by atoms with Gasteiger partial charge in [-0.15, -0.1) is 6.58 Å². The third-order valence-corrected chi connectivity index (χ3v) is 2.06. The van der Waals surface area contributed by atoms with Gasteiger partial charge in [0.05, 0.1) is 0 Å². The predicted molar refractivity (Wildman–Crippen MR) is 48.4 cm³/mol. The second-order valence-electron chi connectivity index (χ2n) is 3.83. The summed E-state index contributed by atoms with van der Waals surface area (Å²) in [5.74, 6) is 0.125. The van der Waals surface area contributed by atoms with Crippen LogP contribution >= 0.6 is 0 Å². The zero-order valence-corrected chi connectivity index (χ0v) is 8.08. The lowest BCUT2D eigenvalue weighted by Crippen LogP contribution is -2.25. The van der Waals surface area contributed by atoms with Crippen LogP contribution in [0.4, 0.5) is 4.39 Å². The number of allylic oxidation sites excluding steroid dienone is 1. The van der Waals surface area contributed by atoms with Gasteiger partial charge in [-0.25, -0.2) is 4.39 Å². The summed E-state index contributed by atoms with van der Waals surface area (Å²) in [5.41, 5.74) is 0.0100. The van der Waals surface area contributed by atoms with Crippen LogP contribution in [-0.2, 0) is 0 Å². The first-order chi connectivity index (χ1) is 4.88. The quantitative estimate of drug-likeness (QED) is 0.547. The van der Waals surface area contributed by atoms with Gasteiger partial charge >= 0.3 is 0 Å².